The van der Waals surface area contributed by atoms with Gasteiger partial charge in [-0.05, 0) is 11.4 Å². The Hall–Kier alpha value is -0.253. The van der Waals surface area contributed by atoms with E-state index in [2.05, 4.69) is 30.5 Å². The maximum Gasteiger partial charge on any atom is 1.00 e. The van der Waals surface area contributed by atoms with Crippen LogP contribution in [0.15, 0.2) is 53.0 Å². The van der Waals surface area contributed by atoms with Crippen molar-refractivity contribution in [1.29, 1.82) is 0 Å². The third-order valence-electron chi connectivity index (χ3n) is 2.03. The van der Waals surface area contributed by atoms with Crippen molar-refractivity contribution in [3.8, 4) is 0 Å². The summed E-state index contributed by atoms with van der Waals surface area (Å²) in [4.78, 5) is 0. The Balaban J connectivity index is 0.00000128. The van der Waals surface area contributed by atoms with E-state index in [1.54, 1.807) is 0 Å². The molecule has 0 bridgehead atoms. The average molecular weight is 286 g/mol. The Morgan fingerprint density at radius 3 is 2.06 bits per heavy atom. The molecule has 0 aromatic heterocycles. The van der Waals surface area contributed by atoms with Crippen molar-refractivity contribution in [2.75, 3.05) is 0 Å². The molecule has 16 heavy (non-hydrogen) atoms. The number of para-hydroxylation sites is 2. The van der Waals surface area contributed by atoms with Crippen LogP contribution in [-0.4, -0.2) is 0 Å². The van der Waals surface area contributed by atoms with Gasteiger partial charge in [-0.25, -0.2) is 0 Å². The maximum atomic E-state index is 4.57. The summed E-state index contributed by atoms with van der Waals surface area (Å²) in [5, 5.41) is 5.68. The monoisotopic (exact) mass is 285 g/mol. The summed E-state index contributed by atoms with van der Waals surface area (Å²) >= 11 is 3.48. The number of nitrogens with zero attached hydrogens (tertiary/aromatic N) is 1. The Bertz CT molecular complexity index is 433. The van der Waals surface area contributed by atoms with Gasteiger partial charge in [-0.1, -0.05) is 58.4 Å². The summed E-state index contributed by atoms with van der Waals surface area (Å²) in [6.45, 7) is 0. The molecular weight excluding hydrogens is 276 g/mol. The van der Waals surface area contributed by atoms with Gasteiger partial charge in [0.2, 0.25) is 0 Å². The van der Waals surface area contributed by atoms with Gasteiger partial charge in [-0.15, -0.1) is 20.6 Å². The van der Waals surface area contributed by atoms with E-state index in [1.807, 2.05) is 48.5 Å². The Labute approximate surface area is 119 Å². The predicted molar refractivity (Wildman–Crippen MR) is 72.6 cm³/mol. The minimum Gasteiger partial charge on any atom is -0.656 e. The summed E-state index contributed by atoms with van der Waals surface area (Å²) < 4.78 is 1.01. The molecule has 0 aliphatic rings. The zero-order valence-corrected chi connectivity index (χ0v) is 11.8. The van der Waals surface area contributed by atoms with Gasteiger partial charge in [0.1, 0.15) is 0 Å². The summed E-state index contributed by atoms with van der Waals surface area (Å²) in [5.74, 6) is 0. The van der Waals surface area contributed by atoms with Crippen molar-refractivity contribution in [3.05, 3.63) is 58.3 Å². The van der Waals surface area contributed by atoms with Crippen LogP contribution >= 0.6 is 25.2 Å². The molecule has 0 spiro atoms. The van der Waals surface area contributed by atoms with Crippen LogP contribution in [0.2, 0.25) is 0 Å². The van der Waals surface area contributed by atoms with E-state index in [0.29, 0.717) is 0 Å². The van der Waals surface area contributed by atoms with E-state index >= 15 is 0 Å². The van der Waals surface area contributed by atoms with Crippen LogP contribution in [0.3, 0.4) is 0 Å². The largest absolute Gasteiger partial charge is 1.00 e. The second-order valence-corrected chi connectivity index (χ2v) is 4.60. The van der Waals surface area contributed by atoms with Crippen molar-refractivity contribution in [2.45, 2.75) is 0 Å². The number of rotatable bonds is 2. The van der Waals surface area contributed by atoms with Crippen molar-refractivity contribution >= 4 is 41.8 Å². The van der Waals surface area contributed by atoms with Gasteiger partial charge in [-0.2, -0.15) is 0 Å². The van der Waals surface area contributed by atoms with E-state index in [-0.39, 0.29) is 18.9 Å². The predicted octanol–water partition coefficient (Wildman–Crippen LogP) is 1.29. The quantitative estimate of drug-likeness (QED) is 0.583. The summed E-state index contributed by atoms with van der Waals surface area (Å²) in [7, 11) is 2.69. The summed E-state index contributed by atoms with van der Waals surface area (Å²) in [6.07, 6.45) is 0. The molecule has 76 valence electrons. The standard InChI is InChI=1S/C12H10BrNP.Li/c13-9-5-1-2-6-10(9)14-11-7-3-4-8-12(11)15;/h1-8H,15H2;/q-1;+1. The van der Waals surface area contributed by atoms with E-state index in [0.717, 1.165) is 21.2 Å². The second kappa shape index (κ2) is 6.47. The van der Waals surface area contributed by atoms with Gasteiger partial charge in [0.05, 0.1) is 0 Å². The first-order chi connectivity index (χ1) is 7.27. The van der Waals surface area contributed by atoms with E-state index in [9.17, 15) is 0 Å². The van der Waals surface area contributed by atoms with Crippen LogP contribution in [0.25, 0.3) is 5.32 Å². The van der Waals surface area contributed by atoms with Crippen LogP contribution in [0.1, 0.15) is 0 Å². The van der Waals surface area contributed by atoms with Gasteiger partial charge in [0, 0.05) is 4.47 Å². The number of benzene rings is 2. The fourth-order valence-corrected chi connectivity index (χ4v) is 1.91. The van der Waals surface area contributed by atoms with Crippen LogP contribution in [0.4, 0.5) is 11.4 Å². The maximum absolute atomic E-state index is 4.57. The molecule has 1 nitrogen and oxygen atoms in total. The van der Waals surface area contributed by atoms with Gasteiger partial charge in [0.15, 0.2) is 0 Å². The van der Waals surface area contributed by atoms with Crippen molar-refractivity contribution in [1.82, 2.24) is 0 Å². The molecule has 0 radical (unpaired) electrons. The first-order valence-electron chi connectivity index (χ1n) is 4.58. The summed E-state index contributed by atoms with van der Waals surface area (Å²) in [6, 6.07) is 16.0. The van der Waals surface area contributed by atoms with Gasteiger partial charge < -0.3 is 5.32 Å². The first kappa shape index (κ1) is 13.8. The van der Waals surface area contributed by atoms with Crippen molar-refractivity contribution < 1.29 is 18.9 Å². The minimum absolute atomic E-state index is 0. The first-order valence-corrected chi connectivity index (χ1v) is 5.95. The molecule has 2 rings (SSSR count). The van der Waals surface area contributed by atoms with Crippen LogP contribution in [0.5, 0.6) is 0 Å². The fourth-order valence-electron chi connectivity index (χ4n) is 1.26. The van der Waals surface area contributed by atoms with Gasteiger partial charge >= 0.3 is 18.9 Å². The SMILES string of the molecule is Pc1ccccc1[N-]c1ccccc1Br.[Li+]. The van der Waals surface area contributed by atoms with Crippen molar-refractivity contribution in [2.24, 2.45) is 0 Å². The van der Waals surface area contributed by atoms with Gasteiger partial charge in [0.25, 0.3) is 0 Å². The molecule has 0 fully saturated rings. The third kappa shape index (κ3) is 3.37. The second-order valence-electron chi connectivity index (χ2n) is 3.12. The van der Waals surface area contributed by atoms with Crippen LogP contribution in [0, 0.1) is 0 Å². The molecule has 0 aliphatic carbocycles. The Kier molecular flexibility index (Phi) is 5.59. The topological polar surface area (TPSA) is 14.1 Å². The molecule has 1 unspecified atom stereocenters. The molecule has 2 aromatic rings. The number of hydrogen-bond donors (Lipinski definition) is 0. The van der Waals surface area contributed by atoms with E-state index in [1.165, 1.54) is 0 Å². The summed E-state index contributed by atoms with van der Waals surface area (Å²) in [5.41, 5.74) is 1.93. The molecule has 2 aromatic carbocycles. The fraction of sp³-hybridized carbons (Fsp3) is 0. The molecule has 1 atom stereocenters. The van der Waals surface area contributed by atoms with Crippen LogP contribution < -0.4 is 24.2 Å². The average Bonchev–Trinajstić information content (AvgIpc) is 2.24. The van der Waals surface area contributed by atoms with E-state index < -0.39 is 0 Å². The zero-order valence-electron chi connectivity index (χ0n) is 9.02. The molecule has 0 saturated carbocycles. The Morgan fingerprint density at radius 1 is 0.875 bits per heavy atom. The zero-order chi connectivity index (χ0) is 10.7. The smallest absolute Gasteiger partial charge is 0.656 e. The number of halogens is 1. The molecule has 0 heterocycles. The molecule has 0 saturated heterocycles. The van der Waals surface area contributed by atoms with Gasteiger partial charge in [-0.3, -0.25) is 0 Å². The molecular formula is C12H10BrLiNP. The molecule has 0 aliphatic heterocycles. The molecule has 0 N–H and O–H groups in total. The molecule has 4 heteroatoms. The molecule has 0 amide bonds. The Morgan fingerprint density at radius 2 is 1.44 bits per heavy atom. The normalized spacial score (nSPS) is 9.38. The third-order valence-corrected chi connectivity index (χ3v) is 3.19. The number of hydrogen-bond acceptors (Lipinski definition) is 0. The van der Waals surface area contributed by atoms with Crippen molar-refractivity contribution in [3.63, 3.8) is 0 Å². The van der Waals surface area contributed by atoms with Crippen LogP contribution in [-0.2, 0) is 0 Å². The minimum atomic E-state index is 0. The van der Waals surface area contributed by atoms with E-state index in [4.69, 9.17) is 0 Å².